The molecule has 100 valence electrons. The lowest BCUT2D eigenvalue weighted by Crippen LogP contribution is -2.62. The van der Waals surface area contributed by atoms with Crippen LogP contribution in [-0.4, -0.2) is 30.8 Å². The van der Waals surface area contributed by atoms with Crippen LogP contribution in [0.4, 0.5) is 5.69 Å². The van der Waals surface area contributed by atoms with Crippen molar-refractivity contribution in [3.63, 3.8) is 0 Å². The molecule has 5 heteroatoms. The van der Waals surface area contributed by atoms with E-state index < -0.39 is 5.54 Å². The summed E-state index contributed by atoms with van der Waals surface area (Å²) in [5.74, 6) is -0.00260. The number of amides is 1. The van der Waals surface area contributed by atoms with Gasteiger partial charge in [-0.25, -0.2) is 0 Å². The Hall–Kier alpha value is -1.67. The van der Waals surface area contributed by atoms with Crippen LogP contribution in [0.5, 0.6) is 0 Å². The van der Waals surface area contributed by atoms with E-state index in [0.717, 1.165) is 10.6 Å². The normalized spacial score (nSPS) is 17.8. The maximum absolute atomic E-state index is 12.0. The molecule has 0 aliphatic carbocycles. The van der Waals surface area contributed by atoms with Gasteiger partial charge < -0.3 is 10.2 Å². The molecule has 4 nitrogen and oxygen atoms in total. The standard InChI is InChI=1S/C14H17N3OS/c1-14(2)13(18)16-7-8-17(14)11-5-4-6-12(19-3)10(11)9-15/h4-6H,7-8H2,1-3H3,(H,16,18). The number of nitrogens with zero attached hydrogens (tertiary/aromatic N) is 2. The Balaban J connectivity index is 2.53. The molecule has 0 radical (unpaired) electrons. The molecule has 0 saturated carbocycles. The Kier molecular flexibility index (Phi) is 3.72. The van der Waals surface area contributed by atoms with E-state index in [0.29, 0.717) is 18.7 Å². The van der Waals surface area contributed by atoms with Crippen LogP contribution in [0.2, 0.25) is 0 Å². The average molecular weight is 275 g/mol. The van der Waals surface area contributed by atoms with Gasteiger partial charge in [-0.15, -0.1) is 11.8 Å². The Labute approximate surface area is 117 Å². The number of nitriles is 1. The minimum absolute atomic E-state index is 0.00260. The maximum Gasteiger partial charge on any atom is 0.245 e. The number of rotatable bonds is 2. The van der Waals surface area contributed by atoms with Crippen molar-refractivity contribution >= 4 is 23.4 Å². The van der Waals surface area contributed by atoms with E-state index in [1.807, 2.05) is 43.2 Å². The van der Waals surface area contributed by atoms with Gasteiger partial charge >= 0.3 is 0 Å². The molecule has 0 aromatic heterocycles. The highest BCUT2D eigenvalue weighted by atomic mass is 32.2. The SMILES string of the molecule is CSc1cccc(N2CCNC(=O)C2(C)C)c1C#N. The first-order chi connectivity index (χ1) is 9.02. The molecule has 1 aliphatic heterocycles. The van der Waals surface area contributed by atoms with E-state index in [-0.39, 0.29) is 5.91 Å². The smallest absolute Gasteiger partial charge is 0.245 e. The van der Waals surface area contributed by atoms with Crippen LogP contribution in [0, 0.1) is 11.3 Å². The fourth-order valence-electron chi connectivity index (χ4n) is 2.35. The molecule has 19 heavy (non-hydrogen) atoms. The molecule has 1 aromatic rings. The topological polar surface area (TPSA) is 56.1 Å². The van der Waals surface area contributed by atoms with Gasteiger partial charge in [0.2, 0.25) is 5.91 Å². The summed E-state index contributed by atoms with van der Waals surface area (Å²) in [5.41, 5.74) is 0.855. The number of anilines is 1. The molecule has 1 aliphatic rings. The van der Waals surface area contributed by atoms with Crippen molar-refractivity contribution < 1.29 is 4.79 Å². The van der Waals surface area contributed by atoms with Crippen LogP contribution < -0.4 is 10.2 Å². The van der Waals surface area contributed by atoms with Crippen molar-refractivity contribution in [1.82, 2.24) is 5.32 Å². The summed E-state index contributed by atoms with van der Waals surface area (Å²) in [6.07, 6.45) is 1.95. The Morgan fingerprint density at radius 3 is 2.84 bits per heavy atom. The van der Waals surface area contributed by atoms with Gasteiger partial charge in [0.05, 0.1) is 11.3 Å². The van der Waals surface area contributed by atoms with E-state index in [2.05, 4.69) is 11.4 Å². The molecule has 1 aromatic carbocycles. The second kappa shape index (κ2) is 5.14. The van der Waals surface area contributed by atoms with Crippen LogP contribution in [-0.2, 0) is 4.79 Å². The van der Waals surface area contributed by atoms with E-state index in [1.54, 1.807) is 11.8 Å². The summed E-state index contributed by atoms with van der Waals surface area (Å²) >= 11 is 1.55. The molecule has 1 N–H and O–H groups in total. The predicted octanol–water partition coefficient (Wildman–Crippen LogP) is 1.99. The van der Waals surface area contributed by atoms with Crippen molar-refractivity contribution in [2.75, 3.05) is 24.2 Å². The van der Waals surface area contributed by atoms with E-state index in [4.69, 9.17) is 0 Å². The molecule has 1 saturated heterocycles. The molecular formula is C14H17N3OS. The molecule has 0 unspecified atom stereocenters. The van der Waals surface area contributed by atoms with Crippen LogP contribution in [0.15, 0.2) is 23.1 Å². The van der Waals surface area contributed by atoms with Crippen molar-refractivity contribution in [3.05, 3.63) is 23.8 Å². The quantitative estimate of drug-likeness (QED) is 0.839. The number of carbonyl (C=O) groups is 1. The van der Waals surface area contributed by atoms with Crippen LogP contribution in [0.1, 0.15) is 19.4 Å². The zero-order chi connectivity index (χ0) is 14.0. The van der Waals surface area contributed by atoms with Crippen molar-refractivity contribution in [1.29, 1.82) is 5.26 Å². The van der Waals surface area contributed by atoms with Gasteiger partial charge in [0.15, 0.2) is 0 Å². The molecule has 1 fully saturated rings. The number of piperazine rings is 1. The highest BCUT2D eigenvalue weighted by Gasteiger charge is 2.38. The Morgan fingerprint density at radius 1 is 1.47 bits per heavy atom. The third kappa shape index (κ3) is 2.28. The predicted molar refractivity (Wildman–Crippen MR) is 77.4 cm³/mol. The summed E-state index contributed by atoms with van der Waals surface area (Å²) < 4.78 is 0. The lowest BCUT2D eigenvalue weighted by molar-refractivity contribution is -0.126. The van der Waals surface area contributed by atoms with Gasteiger partial charge in [0, 0.05) is 18.0 Å². The van der Waals surface area contributed by atoms with Crippen LogP contribution >= 0.6 is 11.8 Å². The first kappa shape index (κ1) is 13.8. The fourth-order valence-corrected chi connectivity index (χ4v) is 2.92. The zero-order valence-electron chi connectivity index (χ0n) is 11.4. The van der Waals surface area contributed by atoms with Gasteiger partial charge in [-0.2, -0.15) is 5.26 Å². The molecule has 1 heterocycles. The van der Waals surface area contributed by atoms with Crippen molar-refractivity contribution in [2.24, 2.45) is 0 Å². The third-order valence-corrected chi connectivity index (χ3v) is 4.26. The van der Waals surface area contributed by atoms with Crippen molar-refractivity contribution in [3.8, 4) is 6.07 Å². The molecule has 0 atom stereocenters. The van der Waals surface area contributed by atoms with Crippen molar-refractivity contribution in [2.45, 2.75) is 24.3 Å². The van der Waals surface area contributed by atoms with Gasteiger partial charge in [-0.1, -0.05) is 6.07 Å². The largest absolute Gasteiger partial charge is 0.355 e. The number of nitrogens with one attached hydrogen (secondary N) is 1. The Bertz CT molecular complexity index is 548. The number of hydrogen-bond acceptors (Lipinski definition) is 4. The average Bonchev–Trinajstić information content (AvgIpc) is 2.40. The van der Waals surface area contributed by atoms with Gasteiger partial charge in [0.25, 0.3) is 0 Å². The first-order valence-corrected chi connectivity index (χ1v) is 7.38. The number of thioether (sulfide) groups is 1. The highest BCUT2D eigenvalue weighted by molar-refractivity contribution is 7.98. The Morgan fingerprint density at radius 2 is 2.21 bits per heavy atom. The second-order valence-corrected chi connectivity index (χ2v) is 5.78. The monoisotopic (exact) mass is 275 g/mol. The molecule has 1 amide bonds. The lowest BCUT2D eigenvalue weighted by Gasteiger charge is -2.43. The minimum atomic E-state index is -0.638. The number of hydrogen-bond donors (Lipinski definition) is 1. The third-order valence-electron chi connectivity index (χ3n) is 3.48. The van der Waals surface area contributed by atoms with Crippen LogP contribution in [0.3, 0.4) is 0 Å². The molecule has 2 rings (SSSR count). The van der Waals surface area contributed by atoms with Gasteiger partial charge in [0.1, 0.15) is 11.6 Å². The van der Waals surface area contributed by atoms with Crippen LogP contribution in [0.25, 0.3) is 0 Å². The fraction of sp³-hybridized carbons (Fsp3) is 0.429. The van der Waals surface area contributed by atoms with Gasteiger partial charge in [-0.05, 0) is 32.2 Å². The first-order valence-electron chi connectivity index (χ1n) is 6.15. The van der Waals surface area contributed by atoms with E-state index >= 15 is 0 Å². The molecule has 0 spiro atoms. The number of carbonyl (C=O) groups excluding carboxylic acids is 1. The second-order valence-electron chi connectivity index (χ2n) is 4.93. The molecule has 0 bridgehead atoms. The highest BCUT2D eigenvalue weighted by Crippen LogP contribution is 2.33. The summed E-state index contributed by atoms with van der Waals surface area (Å²) in [5, 5.41) is 12.3. The lowest BCUT2D eigenvalue weighted by atomic mass is 9.96. The minimum Gasteiger partial charge on any atom is -0.355 e. The maximum atomic E-state index is 12.0. The summed E-state index contributed by atoms with van der Waals surface area (Å²) in [6.45, 7) is 5.09. The number of benzene rings is 1. The van der Waals surface area contributed by atoms with E-state index in [9.17, 15) is 10.1 Å². The summed E-state index contributed by atoms with van der Waals surface area (Å²) in [7, 11) is 0. The van der Waals surface area contributed by atoms with E-state index in [1.165, 1.54) is 0 Å². The summed E-state index contributed by atoms with van der Waals surface area (Å²) in [6, 6.07) is 8.06. The summed E-state index contributed by atoms with van der Waals surface area (Å²) in [4.78, 5) is 15.0. The zero-order valence-corrected chi connectivity index (χ0v) is 12.2. The van der Waals surface area contributed by atoms with Gasteiger partial charge in [-0.3, -0.25) is 4.79 Å². The molecular weight excluding hydrogens is 258 g/mol.